The molecule has 0 unspecified atom stereocenters. The molecule has 0 bridgehead atoms. The molecule has 1 aliphatic rings. The van der Waals surface area contributed by atoms with Crippen LogP contribution in [0.3, 0.4) is 0 Å². The lowest BCUT2D eigenvalue weighted by Crippen LogP contribution is -1.93. The Morgan fingerprint density at radius 2 is 2.00 bits per heavy atom. The highest BCUT2D eigenvalue weighted by molar-refractivity contribution is 6.69. The molecule has 4 nitrogen and oxygen atoms in total. The number of halogens is 2. The van der Waals surface area contributed by atoms with Crippen molar-refractivity contribution < 1.29 is 14.3 Å². The lowest BCUT2D eigenvalue weighted by Gasteiger charge is -2.04. The fourth-order valence-electron chi connectivity index (χ4n) is 1.69. The molecule has 3 rings (SSSR count). The molecule has 0 amide bonds. The second kappa shape index (κ2) is 3.75. The van der Waals surface area contributed by atoms with Crippen LogP contribution in [-0.4, -0.2) is 17.0 Å². The zero-order valence-corrected chi connectivity index (χ0v) is 9.88. The summed E-state index contributed by atoms with van der Waals surface area (Å²) in [6.07, 6.45) is 1.35. The van der Waals surface area contributed by atoms with Crippen LogP contribution in [0, 0.1) is 0 Å². The highest BCUT2D eigenvalue weighted by Crippen LogP contribution is 2.38. The van der Waals surface area contributed by atoms with E-state index in [1.165, 1.54) is 6.20 Å². The zero-order chi connectivity index (χ0) is 12.0. The monoisotopic (exact) mass is 269 g/mol. The third-order valence-corrected chi connectivity index (χ3v) is 3.12. The minimum absolute atomic E-state index is 0.171. The Morgan fingerprint density at radius 3 is 2.71 bits per heavy atom. The smallest absolute Gasteiger partial charge is 0.255 e. The van der Waals surface area contributed by atoms with Gasteiger partial charge in [-0.1, -0.05) is 11.6 Å². The third kappa shape index (κ3) is 1.61. The molecular formula is C11H5Cl2NO3. The van der Waals surface area contributed by atoms with Crippen molar-refractivity contribution in [1.82, 2.24) is 4.98 Å². The van der Waals surface area contributed by atoms with Gasteiger partial charge in [-0.25, -0.2) is 0 Å². The molecule has 17 heavy (non-hydrogen) atoms. The number of aromatic nitrogens is 1. The maximum absolute atomic E-state index is 11.1. The van der Waals surface area contributed by atoms with Gasteiger partial charge in [-0.2, -0.15) is 0 Å². The van der Waals surface area contributed by atoms with E-state index in [0.717, 1.165) is 0 Å². The van der Waals surface area contributed by atoms with Crippen LogP contribution in [-0.2, 0) is 0 Å². The van der Waals surface area contributed by atoms with Gasteiger partial charge in [-0.3, -0.25) is 9.78 Å². The van der Waals surface area contributed by atoms with Crippen LogP contribution in [0.4, 0.5) is 0 Å². The largest absolute Gasteiger partial charge is 0.454 e. The molecule has 1 aromatic carbocycles. The SMILES string of the molecule is O=C(Cl)c1cnc2cc3c(cc2c1Cl)OCO3. The number of carbonyl (C=O) groups excluding carboxylic acids is 1. The normalized spacial score (nSPS) is 13.1. The predicted octanol–water partition coefficient (Wildman–Crippen LogP) is 3.00. The van der Waals surface area contributed by atoms with Gasteiger partial charge in [0.25, 0.3) is 5.24 Å². The maximum atomic E-state index is 11.1. The molecule has 0 fully saturated rings. The van der Waals surface area contributed by atoms with Crippen LogP contribution < -0.4 is 9.47 Å². The molecule has 6 heteroatoms. The second-order valence-electron chi connectivity index (χ2n) is 3.48. The minimum Gasteiger partial charge on any atom is -0.454 e. The van der Waals surface area contributed by atoms with Crippen LogP contribution in [0.2, 0.25) is 5.02 Å². The standard InChI is InChI=1S/C11H5Cl2NO3/c12-10-5-1-8-9(17-4-16-8)2-7(5)14-3-6(10)11(13)15/h1-3H,4H2. The van der Waals surface area contributed by atoms with Crippen molar-refractivity contribution in [1.29, 1.82) is 0 Å². The van der Waals surface area contributed by atoms with E-state index >= 15 is 0 Å². The lowest BCUT2D eigenvalue weighted by molar-refractivity contribution is 0.108. The first-order valence-electron chi connectivity index (χ1n) is 4.74. The Kier molecular flexibility index (Phi) is 2.34. The Morgan fingerprint density at radius 1 is 1.29 bits per heavy atom. The molecule has 0 radical (unpaired) electrons. The Balaban J connectivity index is 2.32. The van der Waals surface area contributed by atoms with Crippen LogP contribution in [0.25, 0.3) is 10.9 Å². The fraction of sp³-hybridized carbons (Fsp3) is 0.0909. The van der Waals surface area contributed by atoms with Gasteiger partial charge in [-0.05, 0) is 17.7 Å². The summed E-state index contributed by atoms with van der Waals surface area (Å²) < 4.78 is 10.5. The Labute approximate surface area is 106 Å². The van der Waals surface area contributed by atoms with Crippen molar-refractivity contribution in [3.05, 3.63) is 28.9 Å². The number of pyridine rings is 1. The van der Waals surface area contributed by atoms with Crippen LogP contribution in [0.5, 0.6) is 11.5 Å². The number of carbonyl (C=O) groups is 1. The van der Waals surface area contributed by atoms with Gasteiger partial charge in [0.05, 0.1) is 16.1 Å². The highest BCUT2D eigenvalue weighted by Gasteiger charge is 2.18. The van der Waals surface area contributed by atoms with Crippen LogP contribution >= 0.6 is 23.2 Å². The summed E-state index contributed by atoms with van der Waals surface area (Å²) in [4.78, 5) is 15.2. The topological polar surface area (TPSA) is 48.4 Å². The van der Waals surface area contributed by atoms with Crippen molar-refractivity contribution in [2.24, 2.45) is 0 Å². The van der Waals surface area contributed by atoms with Gasteiger partial charge < -0.3 is 9.47 Å². The average molecular weight is 270 g/mol. The first kappa shape index (κ1) is 10.6. The molecule has 1 aliphatic heterocycles. The number of rotatable bonds is 1. The van der Waals surface area contributed by atoms with Gasteiger partial charge in [0, 0.05) is 17.6 Å². The van der Waals surface area contributed by atoms with Crippen molar-refractivity contribution in [2.45, 2.75) is 0 Å². The van der Waals surface area contributed by atoms with Crippen molar-refractivity contribution in [2.75, 3.05) is 6.79 Å². The van der Waals surface area contributed by atoms with E-state index in [0.29, 0.717) is 22.4 Å². The summed E-state index contributed by atoms with van der Waals surface area (Å²) in [5, 5.41) is 0.248. The Bertz CT molecular complexity index is 642. The molecule has 2 heterocycles. The van der Waals surface area contributed by atoms with E-state index in [1.54, 1.807) is 12.1 Å². The summed E-state index contributed by atoms with van der Waals surface area (Å²) in [5.41, 5.74) is 0.806. The van der Waals surface area contributed by atoms with Gasteiger partial charge in [0.1, 0.15) is 0 Å². The van der Waals surface area contributed by atoms with Crippen LogP contribution in [0.15, 0.2) is 18.3 Å². The predicted molar refractivity (Wildman–Crippen MR) is 63.1 cm³/mol. The molecule has 0 spiro atoms. The van der Waals surface area contributed by atoms with Gasteiger partial charge >= 0.3 is 0 Å². The van der Waals surface area contributed by atoms with Crippen molar-refractivity contribution in [3.8, 4) is 11.5 Å². The Hall–Kier alpha value is -1.52. The summed E-state index contributed by atoms with van der Waals surface area (Å²) in [6, 6.07) is 3.41. The number of ether oxygens (including phenoxy) is 2. The van der Waals surface area contributed by atoms with Crippen LogP contribution in [0.1, 0.15) is 10.4 Å². The molecule has 0 saturated carbocycles. The zero-order valence-electron chi connectivity index (χ0n) is 8.37. The van der Waals surface area contributed by atoms with Crippen molar-refractivity contribution in [3.63, 3.8) is 0 Å². The van der Waals surface area contributed by atoms with E-state index < -0.39 is 5.24 Å². The first-order valence-corrected chi connectivity index (χ1v) is 5.50. The minimum atomic E-state index is -0.637. The van der Waals surface area contributed by atoms with Gasteiger partial charge in [0.2, 0.25) is 6.79 Å². The van der Waals surface area contributed by atoms with E-state index in [4.69, 9.17) is 32.7 Å². The molecule has 0 N–H and O–H groups in total. The quantitative estimate of drug-likeness (QED) is 0.747. The van der Waals surface area contributed by atoms with Gasteiger partial charge in [0.15, 0.2) is 11.5 Å². The van der Waals surface area contributed by atoms with Gasteiger partial charge in [-0.15, -0.1) is 0 Å². The highest BCUT2D eigenvalue weighted by atomic mass is 35.5. The van der Waals surface area contributed by atoms with E-state index in [1.807, 2.05) is 0 Å². The molecule has 2 aromatic rings. The molecule has 0 saturated heterocycles. The number of hydrogen-bond donors (Lipinski definition) is 0. The van der Waals surface area contributed by atoms with E-state index in [-0.39, 0.29) is 17.4 Å². The number of nitrogens with zero attached hydrogens (tertiary/aromatic N) is 1. The van der Waals surface area contributed by atoms with E-state index in [2.05, 4.69) is 4.98 Å². The summed E-state index contributed by atoms with van der Waals surface area (Å²) in [7, 11) is 0. The van der Waals surface area contributed by atoms with Crippen molar-refractivity contribution >= 4 is 39.3 Å². The summed E-state index contributed by atoms with van der Waals surface area (Å²) in [6.45, 7) is 0.171. The maximum Gasteiger partial charge on any atom is 0.255 e. The first-order chi connectivity index (χ1) is 8.16. The number of fused-ring (bicyclic) bond motifs is 2. The fourth-order valence-corrected chi connectivity index (χ4v) is 2.16. The number of benzene rings is 1. The molecule has 86 valence electrons. The van der Waals surface area contributed by atoms with E-state index in [9.17, 15) is 4.79 Å². The molecule has 1 aromatic heterocycles. The third-order valence-electron chi connectivity index (χ3n) is 2.51. The lowest BCUT2D eigenvalue weighted by atomic mass is 10.1. The second-order valence-corrected chi connectivity index (χ2v) is 4.20. The summed E-state index contributed by atoms with van der Waals surface area (Å²) in [5.74, 6) is 1.20. The average Bonchev–Trinajstić information content (AvgIpc) is 2.73. The summed E-state index contributed by atoms with van der Waals surface area (Å²) >= 11 is 11.5. The molecule has 0 aliphatic carbocycles. The molecule has 0 atom stereocenters. The molecular weight excluding hydrogens is 265 g/mol. The number of hydrogen-bond acceptors (Lipinski definition) is 4.